The van der Waals surface area contributed by atoms with Crippen molar-refractivity contribution in [3.63, 3.8) is 0 Å². The van der Waals surface area contributed by atoms with Crippen LogP contribution in [0.3, 0.4) is 0 Å². The lowest BCUT2D eigenvalue weighted by Crippen LogP contribution is -2.37. The summed E-state index contributed by atoms with van der Waals surface area (Å²) in [6.45, 7) is 5.24. The number of fused-ring (bicyclic) bond motifs is 2. The second kappa shape index (κ2) is 10.4. The van der Waals surface area contributed by atoms with Gasteiger partial charge in [-0.1, -0.05) is 66.7 Å². The van der Waals surface area contributed by atoms with Crippen LogP contribution in [0.4, 0.5) is 0 Å². The Morgan fingerprint density at radius 2 is 1.59 bits per heavy atom. The number of carbonyl (C=O) groups is 2. The summed E-state index contributed by atoms with van der Waals surface area (Å²) in [4.78, 5) is 40.8. The summed E-state index contributed by atoms with van der Waals surface area (Å²) in [5, 5.41) is 8.85. The SMILES string of the molecule is CC(C)n1nc(CC(=O)NCC(CN2Cc3ccccc3C2=O)c2ccccc2)c2ccccc2c1=O. The van der Waals surface area contributed by atoms with Crippen LogP contribution in [-0.2, 0) is 17.8 Å². The van der Waals surface area contributed by atoms with Crippen molar-refractivity contribution >= 4 is 22.6 Å². The molecule has 4 aromatic rings. The first-order valence-electron chi connectivity index (χ1n) is 12.6. The molecule has 1 aromatic heterocycles. The Kier molecular flexibility index (Phi) is 6.86. The number of hydrogen-bond acceptors (Lipinski definition) is 4. The predicted octanol–water partition coefficient (Wildman–Crippen LogP) is 4.08. The van der Waals surface area contributed by atoms with Gasteiger partial charge in [0.1, 0.15) is 0 Å². The van der Waals surface area contributed by atoms with E-state index in [-0.39, 0.29) is 35.8 Å². The van der Waals surface area contributed by atoms with Gasteiger partial charge in [0, 0.05) is 36.5 Å². The fourth-order valence-corrected chi connectivity index (χ4v) is 4.95. The van der Waals surface area contributed by atoms with Gasteiger partial charge in [0.05, 0.1) is 23.5 Å². The molecule has 2 amide bonds. The lowest BCUT2D eigenvalue weighted by Gasteiger charge is -2.24. The molecular formula is C30H30N4O3. The summed E-state index contributed by atoms with van der Waals surface area (Å²) in [5.74, 6) is -0.226. The largest absolute Gasteiger partial charge is 0.355 e. The molecule has 1 aliphatic heterocycles. The molecule has 1 unspecified atom stereocenters. The molecule has 1 atom stereocenters. The highest BCUT2D eigenvalue weighted by Gasteiger charge is 2.29. The third kappa shape index (κ3) is 5.03. The molecule has 2 heterocycles. The molecule has 37 heavy (non-hydrogen) atoms. The highest BCUT2D eigenvalue weighted by molar-refractivity contribution is 5.98. The van der Waals surface area contributed by atoms with Crippen LogP contribution in [0.1, 0.15) is 53.0 Å². The zero-order valence-corrected chi connectivity index (χ0v) is 21.1. The van der Waals surface area contributed by atoms with E-state index in [9.17, 15) is 14.4 Å². The average Bonchev–Trinajstić information content (AvgIpc) is 3.23. The van der Waals surface area contributed by atoms with E-state index in [1.165, 1.54) is 4.68 Å². The first-order chi connectivity index (χ1) is 17.9. The van der Waals surface area contributed by atoms with Gasteiger partial charge in [0.15, 0.2) is 0 Å². The summed E-state index contributed by atoms with van der Waals surface area (Å²) in [7, 11) is 0. The highest BCUT2D eigenvalue weighted by Crippen LogP contribution is 2.26. The minimum absolute atomic E-state index is 0.0227. The van der Waals surface area contributed by atoms with Crippen LogP contribution in [-0.4, -0.2) is 39.6 Å². The minimum atomic E-state index is -0.177. The Labute approximate surface area is 215 Å². The van der Waals surface area contributed by atoms with Crippen molar-refractivity contribution in [3.8, 4) is 0 Å². The van der Waals surface area contributed by atoms with E-state index in [0.29, 0.717) is 36.1 Å². The summed E-state index contributed by atoms with van der Waals surface area (Å²) in [6, 6.07) is 24.8. The molecule has 0 saturated carbocycles. The van der Waals surface area contributed by atoms with Gasteiger partial charge in [-0.3, -0.25) is 14.4 Å². The molecule has 1 aliphatic rings. The molecule has 0 bridgehead atoms. The Bertz CT molecular complexity index is 1510. The Balaban J connectivity index is 1.34. The normalized spacial score (nSPS) is 13.7. The molecule has 0 fully saturated rings. The third-order valence-corrected chi connectivity index (χ3v) is 6.88. The molecule has 0 spiro atoms. The van der Waals surface area contributed by atoms with Gasteiger partial charge in [-0.15, -0.1) is 0 Å². The molecule has 188 valence electrons. The molecule has 1 N–H and O–H groups in total. The van der Waals surface area contributed by atoms with E-state index in [1.807, 2.05) is 91.5 Å². The second-order valence-electron chi connectivity index (χ2n) is 9.77. The van der Waals surface area contributed by atoms with E-state index in [1.54, 1.807) is 6.07 Å². The van der Waals surface area contributed by atoms with Crippen LogP contribution < -0.4 is 10.9 Å². The number of nitrogens with one attached hydrogen (secondary N) is 1. The van der Waals surface area contributed by atoms with Crippen LogP contribution in [0.5, 0.6) is 0 Å². The van der Waals surface area contributed by atoms with Crippen molar-refractivity contribution in [2.24, 2.45) is 0 Å². The zero-order valence-electron chi connectivity index (χ0n) is 21.1. The predicted molar refractivity (Wildman–Crippen MR) is 143 cm³/mol. The van der Waals surface area contributed by atoms with Crippen LogP contribution in [0, 0.1) is 0 Å². The lowest BCUT2D eigenvalue weighted by atomic mass is 9.98. The van der Waals surface area contributed by atoms with E-state index in [2.05, 4.69) is 10.4 Å². The number of hydrogen-bond donors (Lipinski definition) is 1. The molecule has 0 aliphatic carbocycles. The first-order valence-corrected chi connectivity index (χ1v) is 12.6. The fourth-order valence-electron chi connectivity index (χ4n) is 4.95. The standard InChI is InChI=1S/C30H30N4O3/c1-20(2)34-30(37)26-15-9-8-14-25(26)27(32-34)16-28(35)31-17-23(21-10-4-3-5-11-21)19-33-18-22-12-6-7-13-24(22)29(33)36/h3-15,20,23H,16-19H2,1-2H3,(H,31,35). The fraction of sp³-hybridized carbons (Fsp3) is 0.267. The van der Waals surface area contributed by atoms with Gasteiger partial charge in [-0.05, 0) is 37.1 Å². The maximum atomic E-state index is 13.1. The molecule has 7 nitrogen and oxygen atoms in total. The van der Waals surface area contributed by atoms with Gasteiger partial charge < -0.3 is 10.2 Å². The van der Waals surface area contributed by atoms with Crippen molar-refractivity contribution in [2.75, 3.05) is 13.1 Å². The Hall–Kier alpha value is -4.26. The number of benzene rings is 3. The van der Waals surface area contributed by atoms with Crippen LogP contribution in [0.2, 0.25) is 0 Å². The second-order valence-corrected chi connectivity index (χ2v) is 9.77. The lowest BCUT2D eigenvalue weighted by molar-refractivity contribution is -0.120. The maximum Gasteiger partial charge on any atom is 0.274 e. The summed E-state index contributed by atoms with van der Waals surface area (Å²) in [6.07, 6.45) is 0.0586. The van der Waals surface area contributed by atoms with Crippen molar-refractivity contribution in [1.82, 2.24) is 20.0 Å². The van der Waals surface area contributed by atoms with Gasteiger partial charge in [-0.2, -0.15) is 5.10 Å². The van der Waals surface area contributed by atoms with Crippen LogP contribution in [0.25, 0.3) is 10.8 Å². The monoisotopic (exact) mass is 494 g/mol. The summed E-state index contributed by atoms with van der Waals surface area (Å²) in [5.41, 5.74) is 3.25. The van der Waals surface area contributed by atoms with E-state index in [4.69, 9.17) is 0 Å². The van der Waals surface area contributed by atoms with E-state index in [0.717, 1.165) is 16.7 Å². The van der Waals surface area contributed by atoms with E-state index < -0.39 is 0 Å². The third-order valence-electron chi connectivity index (χ3n) is 6.88. The summed E-state index contributed by atoms with van der Waals surface area (Å²) >= 11 is 0. The Morgan fingerprint density at radius 1 is 0.919 bits per heavy atom. The first kappa shape index (κ1) is 24.4. The minimum Gasteiger partial charge on any atom is -0.355 e. The van der Waals surface area contributed by atoms with Crippen molar-refractivity contribution in [3.05, 3.63) is 112 Å². The molecule has 0 radical (unpaired) electrons. The molecule has 7 heteroatoms. The van der Waals surface area contributed by atoms with Gasteiger partial charge in [0.25, 0.3) is 11.5 Å². The van der Waals surface area contributed by atoms with Crippen LogP contribution in [0.15, 0.2) is 83.7 Å². The summed E-state index contributed by atoms with van der Waals surface area (Å²) < 4.78 is 1.44. The molecular weight excluding hydrogens is 464 g/mol. The van der Waals surface area contributed by atoms with Crippen molar-refractivity contribution in [1.29, 1.82) is 0 Å². The Morgan fingerprint density at radius 3 is 2.32 bits per heavy atom. The van der Waals surface area contributed by atoms with Gasteiger partial charge in [-0.25, -0.2) is 4.68 Å². The molecule has 0 saturated heterocycles. The van der Waals surface area contributed by atoms with E-state index >= 15 is 0 Å². The number of carbonyl (C=O) groups excluding carboxylic acids is 2. The van der Waals surface area contributed by atoms with Crippen molar-refractivity contribution < 1.29 is 9.59 Å². The average molecular weight is 495 g/mol. The van der Waals surface area contributed by atoms with Crippen molar-refractivity contribution in [2.45, 2.75) is 38.8 Å². The number of amides is 2. The molecule has 3 aromatic carbocycles. The van der Waals surface area contributed by atoms with Gasteiger partial charge in [0.2, 0.25) is 5.91 Å². The number of aromatic nitrogens is 2. The zero-order chi connectivity index (χ0) is 25.9. The smallest absolute Gasteiger partial charge is 0.274 e. The maximum absolute atomic E-state index is 13.1. The van der Waals surface area contributed by atoms with Crippen LogP contribution >= 0.6 is 0 Å². The quantitative estimate of drug-likeness (QED) is 0.400. The number of rotatable bonds is 8. The number of nitrogens with zero attached hydrogens (tertiary/aromatic N) is 3. The molecule has 5 rings (SSSR count). The topological polar surface area (TPSA) is 84.3 Å². The highest BCUT2D eigenvalue weighted by atomic mass is 16.2. The van der Waals surface area contributed by atoms with Gasteiger partial charge >= 0.3 is 0 Å².